The van der Waals surface area contributed by atoms with Gasteiger partial charge in [0.05, 0.1) is 10.2 Å². The first kappa shape index (κ1) is 14.4. The van der Waals surface area contributed by atoms with Crippen LogP contribution in [0.4, 0.5) is 10.1 Å². The molecule has 1 heterocycles. The summed E-state index contributed by atoms with van der Waals surface area (Å²) in [6, 6.07) is 3.95. The third kappa shape index (κ3) is 3.33. The summed E-state index contributed by atoms with van der Waals surface area (Å²) in [6.45, 7) is 0.167. The van der Waals surface area contributed by atoms with Gasteiger partial charge in [0.15, 0.2) is 0 Å². The lowest BCUT2D eigenvalue weighted by Crippen LogP contribution is -2.24. The molecule has 0 amide bonds. The summed E-state index contributed by atoms with van der Waals surface area (Å²) in [5.41, 5.74) is 6.28. The molecule has 0 saturated carbocycles. The molecule has 8 heteroatoms. The largest absolute Gasteiger partial charge is 0.398 e. The zero-order valence-corrected chi connectivity index (χ0v) is 12.8. The molecule has 0 unspecified atom stereocenters. The van der Waals surface area contributed by atoms with Crippen LogP contribution in [0.3, 0.4) is 0 Å². The second kappa shape index (κ2) is 5.58. The van der Waals surface area contributed by atoms with Crippen LogP contribution in [0.15, 0.2) is 38.3 Å². The Morgan fingerprint density at radius 1 is 1.42 bits per heavy atom. The predicted molar refractivity (Wildman–Crippen MR) is 76.9 cm³/mol. The second-order valence-electron chi connectivity index (χ2n) is 3.76. The molecule has 3 N–H and O–H groups in total. The van der Waals surface area contributed by atoms with Crippen molar-refractivity contribution < 1.29 is 12.8 Å². The number of nitrogens with one attached hydrogen (secondary N) is 1. The van der Waals surface area contributed by atoms with Crippen molar-refractivity contribution in [2.24, 2.45) is 0 Å². The van der Waals surface area contributed by atoms with E-state index < -0.39 is 15.8 Å². The number of nitrogens with two attached hydrogens (primary N) is 1. The van der Waals surface area contributed by atoms with Crippen molar-refractivity contribution in [2.45, 2.75) is 11.4 Å². The third-order valence-electron chi connectivity index (χ3n) is 2.39. The summed E-state index contributed by atoms with van der Waals surface area (Å²) < 4.78 is 39.9. The monoisotopic (exact) mass is 364 g/mol. The fourth-order valence-corrected chi connectivity index (χ4v) is 3.74. The minimum Gasteiger partial charge on any atom is -0.398 e. The van der Waals surface area contributed by atoms with Gasteiger partial charge in [0.2, 0.25) is 10.0 Å². The first-order valence-corrected chi connectivity index (χ1v) is 8.37. The molecule has 0 aliphatic carbocycles. The van der Waals surface area contributed by atoms with Gasteiger partial charge in [-0.2, -0.15) is 11.3 Å². The van der Waals surface area contributed by atoms with E-state index in [1.807, 2.05) is 16.8 Å². The van der Waals surface area contributed by atoms with Crippen LogP contribution in [-0.2, 0) is 16.6 Å². The molecule has 4 nitrogen and oxygen atoms in total. The van der Waals surface area contributed by atoms with Crippen LogP contribution in [-0.4, -0.2) is 8.42 Å². The van der Waals surface area contributed by atoms with Crippen LogP contribution in [0.25, 0.3) is 0 Å². The Morgan fingerprint density at radius 2 is 2.16 bits per heavy atom. The summed E-state index contributed by atoms with van der Waals surface area (Å²) in [7, 11) is -3.77. The number of thiophene rings is 1. The normalized spacial score (nSPS) is 11.7. The topological polar surface area (TPSA) is 72.2 Å². The first-order chi connectivity index (χ1) is 8.90. The molecule has 0 aliphatic rings. The maximum absolute atomic E-state index is 13.2. The molecular formula is C11H10BrFN2O2S2. The van der Waals surface area contributed by atoms with Gasteiger partial charge in [-0.05, 0) is 50.5 Å². The van der Waals surface area contributed by atoms with Gasteiger partial charge in [0.25, 0.3) is 0 Å². The number of hydrogen-bond donors (Lipinski definition) is 2. The van der Waals surface area contributed by atoms with Gasteiger partial charge >= 0.3 is 0 Å². The summed E-state index contributed by atoms with van der Waals surface area (Å²) >= 11 is 4.42. The van der Waals surface area contributed by atoms with Crippen molar-refractivity contribution in [3.05, 3.63) is 44.8 Å². The zero-order valence-electron chi connectivity index (χ0n) is 9.56. The predicted octanol–water partition coefficient (Wildman–Crippen LogP) is 2.71. The maximum atomic E-state index is 13.2. The van der Waals surface area contributed by atoms with Crippen molar-refractivity contribution in [2.75, 3.05) is 5.73 Å². The SMILES string of the molecule is Nc1cc(F)c(Br)cc1S(=O)(=O)NCc1ccsc1. The average Bonchev–Trinajstić information content (AvgIpc) is 2.84. The van der Waals surface area contributed by atoms with Crippen LogP contribution in [0, 0.1) is 5.82 Å². The Balaban J connectivity index is 2.27. The van der Waals surface area contributed by atoms with Crippen LogP contribution in [0.1, 0.15) is 5.56 Å². The average molecular weight is 365 g/mol. The van der Waals surface area contributed by atoms with E-state index in [4.69, 9.17) is 5.73 Å². The highest BCUT2D eigenvalue weighted by Gasteiger charge is 2.19. The molecule has 1 aromatic heterocycles. The number of benzene rings is 1. The van der Waals surface area contributed by atoms with Crippen LogP contribution in [0.2, 0.25) is 0 Å². The standard InChI is InChI=1S/C11H10BrFN2O2S2/c12-8-3-11(10(14)4-9(8)13)19(16,17)15-5-7-1-2-18-6-7/h1-4,6,15H,5,14H2. The van der Waals surface area contributed by atoms with Crippen molar-refractivity contribution in [1.82, 2.24) is 4.72 Å². The molecule has 0 fully saturated rings. The van der Waals surface area contributed by atoms with Crippen LogP contribution in [0.5, 0.6) is 0 Å². The summed E-state index contributed by atoms with van der Waals surface area (Å²) in [5.74, 6) is -0.603. The molecular weight excluding hydrogens is 355 g/mol. The molecule has 0 saturated heterocycles. The summed E-state index contributed by atoms with van der Waals surface area (Å²) in [5, 5.41) is 3.69. The molecule has 2 rings (SSSR count). The lowest BCUT2D eigenvalue weighted by atomic mass is 10.3. The highest BCUT2D eigenvalue weighted by molar-refractivity contribution is 9.10. The van der Waals surface area contributed by atoms with Crippen LogP contribution >= 0.6 is 27.3 Å². The van der Waals surface area contributed by atoms with Crippen LogP contribution < -0.4 is 10.5 Å². The number of anilines is 1. The van der Waals surface area contributed by atoms with Gasteiger partial charge in [-0.15, -0.1) is 0 Å². The van der Waals surface area contributed by atoms with E-state index in [0.29, 0.717) is 0 Å². The van der Waals surface area contributed by atoms with Gasteiger partial charge in [-0.25, -0.2) is 17.5 Å². The van der Waals surface area contributed by atoms with Gasteiger partial charge in [-0.1, -0.05) is 0 Å². The van der Waals surface area contributed by atoms with Gasteiger partial charge < -0.3 is 5.73 Å². The smallest absolute Gasteiger partial charge is 0.242 e. The highest BCUT2D eigenvalue weighted by atomic mass is 79.9. The summed E-state index contributed by atoms with van der Waals surface area (Å²) in [6.07, 6.45) is 0. The van der Waals surface area contributed by atoms with E-state index in [-0.39, 0.29) is 21.6 Å². The Hall–Kier alpha value is -0.960. The van der Waals surface area contributed by atoms with E-state index in [9.17, 15) is 12.8 Å². The molecule has 19 heavy (non-hydrogen) atoms. The minimum atomic E-state index is -3.77. The van der Waals surface area contributed by atoms with Gasteiger partial charge in [0.1, 0.15) is 10.7 Å². The van der Waals surface area contributed by atoms with E-state index in [1.54, 1.807) is 0 Å². The third-order valence-corrected chi connectivity index (χ3v) is 5.19. The second-order valence-corrected chi connectivity index (χ2v) is 7.13. The molecule has 0 bridgehead atoms. The Labute approximate surface area is 122 Å². The number of rotatable bonds is 4. The number of hydrogen-bond acceptors (Lipinski definition) is 4. The van der Waals surface area contributed by atoms with Crippen molar-refractivity contribution in [1.29, 1.82) is 0 Å². The Kier molecular flexibility index (Phi) is 4.24. The number of nitrogen functional groups attached to an aromatic ring is 1. The summed E-state index contributed by atoms with van der Waals surface area (Å²) in [4.78, 5) is -0.143. The van der Waals surface area contributed by atoms with E-state index >= 15 is 0 Å². The number of halogens is 2. The quantitative estimate of drug-likeness (QED) is 0.819. The molecule has 2 aromatic rings. The highest BCUT2D eigenvalue weighted by Crippen LogP contribution is 2.26. The molecule has 0 spiro atoms. The number of sulfonamides is 1. The van der Waals surface area contributed by atoms with Crippen molar-refractivity contribution in [3.63, 3.8) is 0 Å². The van der Waals surface area contributed by atoms with E-state index in [0.717, 1.165) is 17.7 Å². The van der Waals surface area contributed by atoms with Crippen molar-refractivity contribution in [3.8, 4) is 0 Å². The minimum absolute atomic E-state index is 0.0533. The van der Waals surface area contributed by atoms with E-state index in [1.165, 1.54) is 11.3 Å². The molecule has 0 atom stereocenters. The fraction of sp³-hybridized carbons (Fsp3) is 0.0909. The van der Waals surface area contributed by atoms with E-state index in [2.05, 4.69) is 20.7 Å². The Bertz CT molecular complexity index is 687. The van der Waals surface area contributed by atoms with Gasteiger partial charge in [-0.3, -0.25) is 0 Å². The molecule has 0 radical (unpaired) electrons. The first-order valence-electron chi connectivity index (χ1n) is 5.15. The maximum Gasteiger partial charge on any atom is 0.242 e. The van der Waals surface area contributed by atoms with Gasteiger partial charge in [0, 0.05) is 6.54 Å². The van der Waals surface area contributed by atoms with Crippen molar-refractivity contribution >= 4 is 43.0 Å². The lowest BCUT2D eigenvalue weighted by Gasteiger charge is -2.09. The lowest BCUT2D eigenvalue weighted by molar-refractivity contribution is 0.580. The molecule has 0 aliphatic heterocycles. The molecule has 1 aromatic carbocycles. The fourth-order valence-electron chi connectivity index (χ4n) is 1.43. The Morgan fingerprint density at radius 3 is 2.79 bits per heavy atom. The molecule has 102 valence electrons. The zero-order chi connectivity index (χ0) is 14.0.